The lowest BCUT2D eigenvalue weighted by Gasteiger charge is -2.10. The van der Waals surface area contributed by atoms with Crippen LogP contribution in [0.3, 0.4) is 0 Å². The van der Waals surface area contributed by atoms with Crippen molar-refractivity contribution >= 4 is 33.2 Å². The molecule has 1 heterocycles. The molecule has 0 spiro atoms. The molecule has 0 amide bonds. The van der Waals surface area contributed by atoms with Crippen LogP contribution in [0.1, 0.15) is 23.9 Å². The summed E-state index contributed by atoms with van der Waals surface area (Å²) in [6.45, 7) is 2.70. The summed E-state index contributed by atoms with van der Waals surface area (Å²) >= 11 is 1.52. The number of para-hydroxylation sites is 1. The van der Waals surface area contributed by atoms with Gasteiger partial charge in [0.05, 0.1) is 29.5 Å². The van der Waals surface area contributed by atoms with Crippen LogP contribution in [0.25, 0.3) is 21.9 Å². The van der Waals surface area contributed by atoms with Gasteiger partial charge in [0.2, 0.25) is 0 Å². The molecule has 4 nitrogen and oxygen atoms in total. The summed E-state index contributed by atoms with van der Waals surface area (Å²) in [5.74, 6) is 1.36. The van der Waals surface area contributed by atoms with Crippen molar-refractivity contribution in [3.63, 3.8) is 0 Å². The van der Waals surface area contributed by atoms with E-state index in [1.807, 2.05) is 48.5 Å². The Hall–Kier alpha value is -2.84. The van der Waals surface area contributed by atoms with Gasteiger partial charge in [0.25, 0.3) is 0 Å². The normalized spacial score (nSPS) is 11.3. The van der Waals surface area contributed by atoms with E-state index in [0.717, 1.165) is 22.2 Å². The molecule has 3 rings (SSSR count). The topological polar surface area (TPSA) is 55.1 Å². The molecule has 1 aromatic heterocycles. The molecule has 5 heteroatoms. The summed E-state index contributed by atoms with van der Waals surface area (Å²) in [4.78, 5) is 4.55. The predicted molar refractivity (Wildman–Crippen MR) is 102 cm³/mol. The largest absolute Gasteiger partial charge is 0.493 e. The number of nitrogens with zero attached hydrogens (tertiary/aromatic N) is 2. The van der Waals surface area contributed by atoms with E-state index in [2.05, 4.69) is 18.0 Å². The van der Waals surface area contributed by atoms with Crippen molar-refractivity contribution in [3.05, 3.63) is 53.0 Å². The molecule has 0 aliphatic rings. The molecule has 0 saturated heterocycles. The standard InChI is InChI=1S/C20H18N2O2S/c1-3-10-24-17-9-8-14(12-18(17)23-2)11-15(13-21)20-22-16-6-4-5-7-19(16)25-20/h4-9,11-12H,3,10H2,1-2H3/b15-11-. The van der Waals surface area contributed by atoms with Gasteiger partial charge in [0.15, 0.2) is 11.5 Å². The maximum Gasteiger partial charge on any atom is 0.161 e. The van der Waals surface area contributed by atoms with Crippen molar-refractivity contribution < 1.29 is 9.47 Å². The highest BCUT2D eigenvalue weighted by Gasteiger charge is 2.10. The zero-order valence-corrected chi connectivity index (χ0v) is 15.0. The lowest BCUT2D eigenvalue weighted by Crippen LogP contribution is -1.97. The van der Waals surface area contributed by atoms with Crippen LogP contribution in [0.15, 0.2) is 42.5 Å². The Kier molecular flexibility index (Phi) is 5.32. The van der Waals surface area contributed by atoms with Crippen molar-refractivity contribution in [3.8, 4) is 17.6 Å². The first kappa shape index (κ1) is 17.0. The van der Waals surface area contributed by atoms with Crippen LogP contribution < -0.4 is 9.47 Å². The van der Waals surface area contributed by atoms with E-state index in [1.165, 1.54) is 11.3 Å². The van der Waals surface area contributed by atoms with Crippen molar-refractivity contribution in [2.75, 3.05) is 13.7 Å². The smallest absolute Gasteiger partial charge is 0.161 e. The third-order valence-electron chi connectivity index (χ3n) is 3.61. The van der Waals surface area contributed by atoms with Gasteiger partial charge in [0.1, 0.15) is 11.1 Å². The number of thiazole rings is 1. The molecule has 0 fully saturated rings. The molecular formula is C20H18N2O2S. The number of ether oxygens (including phenoxy) is 2. The fourth-order valence-electron chi connectivity index (χ4n) is 2.40. The fourth-order valence-corrected chi connectivity index (χ4v) is 3.33. The van der Waals surface area contributed by atoms with E-state index in [4.69, 9.17) is 9.47 Å². The highest BCUT2D eigenvalue weighted by atomic mass is 32.1. The number of aromatic nitrogens is 1. The average Bonchev–Trinajstić information content (AvgIpc) is 3.08. The minimum atomic E-state index is 0.533. The van der Waals surface area contributed by atoms with Gasteiger partial charge in [-0.05, 0) is 42.3 Å². The molecule has 25 heavy (non-hydrogen) atoms. The molecule has 0 atom stereocenters. The number of benzene rings is 2. The van der Waals surface area contributed by atoms with Crippen LogP contribution >= 0.6 is 11.3 Å². The van der Waals surface area contributed by atoms with E-state index >= 15 is 0 Å². The van der Waals surface area contributed by atoms with Crippen molar-refractivity contribution in [1.29, 1.82) is 5.26 Å². The van der Waals surface area contributed by atoms with E-state index in [0.29, 0.717) is 28.7 Å². The molecular weight excluding hydrogens is 332 g/mol. The fraction of sp³-hybridized carbons (Fsp3) is 0.200. The molecule has 0 saturated carbocycles. The number of methoxy groups -OCH3 is 1. The molecule has 0 aliphatic carbocycles. The summed E-state index contributed by atoms with van der Waals surface area (Å²) in [6.07, 6.45) is 2.75. The first-order valence-electron chi connectivity index (χ1n) is 8.03. The molecule has 0 unspecified atom stereocenters. The Morgan fingerprint density at radius 2 is 2.08 bits per heavy atom. The van der Waals surface area contributed by atoms with E-state index in [9.17, 15) is 5.26 Å². The Bertz CT molecular complexity index is 921. The number of nitriles is 1. The van der Waals surface area contributed by atoms with Gasteiger partial charge in [-0.15, -0.1) is 11.3 Å². The molecule has 0 aliphatic heterocycles. The summed E-state index contributed by atoms with van der Waals surface area (Å²) in [6, 6.07) is 15.8. The van der Waals surface area contributed by atoms with Gasteiger partial charge in [-0.3, -0.25) is 0 Å². The minimum Gasteiger partial charge on any atom is -0.493 e. The van der Waals surface area contributed by atoms with E-state index in [1.54, 1.807) is 7.11 Å². The minimum absolute atomic E-state index is 0.533. The summed E-state index contributed by atoms with van der Waals surface area (Å²) in [5.41, 5.74) is 2.31. The molecule has 0 radical (unpaired) electrons. The lowest BCUT2D eigenvalue weighted by atomic mass is 10.1. The van der Waals surface area contributed by atoms with Gasteiger partial charge < -0.3 is 9.47 Å². The Balaban J connectivity index is 1.95. The number of fused-ring (bicyclic) bond motifs is 1. The highest BCUT2D eigenvalue weighted by molar-refractivity contribution is 7.19. The first-order valence-corrected chi connectivity index (χ1v) is 8.85. The van der Waals surface area contributed by atoms with Crippen LogP contribution in [-0.4, -0.2) is 18.7 Å². The number of rotatable bonds is 6. The van der Waals surface area contributed by atoms with Crippen molar-refractivity contribution in [1.82, 2.24) is 4.98 Å². The lowest BCUT2D eigenvalue weighted by molar-refractivity contribution is 0.294. The van der Waals surface area contributed by atoms with E-state index in [-0.39, 0.29) is 0 Å². The zero-order valence-electron chi connectivity index (χ0n) is 14.2. The summed E-state index contributed by atoms with van der Waals surface area (Å²) in [5, 5.41) is 10.3. The van der Waals surface area contributed by atoms with Crippen LogP contribution in [0.5, 0.6) is 11.5 Å². The van der Waals surface area contributed by atoms with Crippen LogP contribution in [0.4, 0.5) is 0 Å². The summed E-state index contributed by atoms with van der Waals surface area (Å²) in [7, 11) is 1.61. The maximum atomic E-state index is 9.56. The second-order valence-electron chi connectivity index (χ2n) is 5.42. The van der Waals surface area contributed by atoms with Crippen LogP contribution in [-0.2, 0) is 0 Å². The molecule has 0 N–H and O–H groups in total. The number of allylic oxidation sites excluding steroid dienone is 1. The van der Waals surface area contributed by atoms with Gasteiger partial charge in [-0.25, -0.2) is 4.98 Å². The Morgan fingerprint density at radius 1 is 1.24 bits per heavy atom. The van der Waals surface area contributed by atoms with Crippen LogP contribution in [0.2, 0.25) is 0 Å². The quantitative estimate of drug-likeness (QED) is 0.576. The van der Waals surface area contributed by atoms with Crippen molar-refractivity contribution in [2.45, 2.75) is 13.3 Å². The summed E-state index contributed by atoms with van der Waals surface area (Å²) < 4.78 is 12.1. The second kappa shape index (κ2) is 7.82. The Morgan fingerprint density at radius 3 is 2.80 bits per heavy atom. The van der Waals surface area contributed by atoms with E-state index < -0.39 is 0 Å². The highest BCUT2D eigenvalue weighted by Crippen LogP contribution is 2.31. The second-order valence-corrected chi connectivity index (χ2v) is 6.45. The number of hydrogen-bond acceptors (Lipinski definition) is 5. The zero-order chi connectivity index (χ0) is 17.6. The third kappa shape index (κ3) is 3.81. The van der Waals surface area contributed by atoms with Gasteiger partial charge >= 0.3 is 0 Å². The average molecular weight is 350 g/mol. The monoisotopic (exact) mass is 350 g/mol. The first-order chi connectivity index (χ1) is 12.2. The van der Waals surface area contributed by atoms with Gasteiger partial charge in [0, 0.05) is 0 Å². The van der Waals surface area contributed by atoms with Crippen molar-refractivity contribution in [2.24, 2.45) is 0 Å². The third-order valence-corrected chi connectivity index (χ3v) is 4.67. The SMILES string of the molecule is CCCOc1ccc(/C=C(/C#N)c2nc3ccccc3s2)cc1OC. The van der Waals surface area contributed by atoms with Gasteiger partial charge in [-0.2, -0.15) is 5.26 Å². The molecule has 126 valence electrons. The maximum absolute atomic E-state index is 9.56. The van der Waals surface area contributed by atoms with Crippen LogP contribution in [0, 0.1) is 11.3 Å². The number of hydrogen-bond donors (Lipinski definition) is 0. The molecule has 2 aromatic carbocycles. The Labute approximate surface area is 151 Å². The van der Waals surface area contributed by atoms with Gasteiger partial charge in [-0.1, -0.05) is 25.1 Å². The molecule has 0 bridgehead atoms. The molecule has 3 aromatic rings. The predicted octanol–water partition coefficient (Wildman–Crippen LogP) is 5.16.